The molecule has 0 unspecified atom stereocenters. The second-order valence-electron chi connectivity index (χ2n) is 7.10. The van der Waals surface area contributed by atoms with Gasteiger partial charge in [-0.3, -0.25) is 4.90 Å². The highest BCUT2D eigenvalue weighted by atomic mass is 16.5. The SMILES string of the molecule is COc1cc(-c2ccc(C)cc2)cc2c1OCCN(Cc1ccc(C)o1)C2. The lowest BCUT2D eigenvalue weighted by Gasteiger charge is -2.18. The number of hydrogen-bond acceptors (Lipinski definition) is 4. The van der Waals surface area contributed by atoms with Gasteiger partial charge < -0.3 is 13.9 Å². The molecule has 0 radical (unpaired) electrons. The second-order valence-corrected chi connectivity index (χ2v) is 7.10. The van der Waals surface area contributed by atoms with Crippen LogP contribution in [0.2, 0.25) is 0 Å². The van der Waals surface area contributed by atoms with E-state index in [2.05, 4.69) is 48.2 Å². The van der Waals surface area contributed by atoms with Crippen LogP contribution in [0.1, 0.15) is 22.6 Å². The number of methoxy groups -OCH3 is 1. The van der Waals surface area contributed by atoms with Crippen molar-refractivity contribution in [2.24, 2.45) is 0 Å². The minimum atomic E-state index is 0.632. The van der Waals surface area contributed by atoms with Crippen LogP contribution in [0.25, 0.3) is 11.1 Å². The summed E-state index contributed by atoms with van der Waals surface area (Å²) in [4.78, 5) is 2.35. The van der Waals surface area contributed by atoms with Gasteiger partial charge in [-0.15, -0.1) is 0 Å². The third-order valence-electron chi connectivity index (χ3n) is 4.96. The molecule has 0 saturated heterocycles. The first-order valence-electron chi connectivity index (χ1n) is 9.31. The Hall–Kier alpha value is -2.72. The number of furan rings is 1. The molecule has 2 aromatic carbocycles. The fourth-order valence-corrected chi connectivity index (χ4v) is 3.53. The van der Waals surface area contributed by atoms with E-state index in [1.807, 2.05) is 19.1 Å². The predicted octanol–water partition coefficient (Wildman–Crippen LogP) is 4.97. The lowest BCUT2D eigenvalue weighted by atomic mass is 10.0. The standard InChI is InChI=1S/C23H25NO3/c1-16-4-7-18(8-5-16)19-12-20-14-24(15-21-9-6-17(2)27-21)10-11-26-23(20)22(13-19)25-3/h4-9,12-13H,10-11,14-15H2,1-3H3. The highest BCUT2D eigenvalue weighted by Gasteiger charge is 2.21. The van der Waals surface area contributed by atoms with Gasteiger partial charge in [0, 0.05) is 18.7 Å². The Kier molecular flexibility index (Phi) is 4.90. The van der Waals surface area contributed by atoms with Gasteiger partial charge in [0.15, 0.2) is 11.5 Å². The van der Waals surface area contributed by atoms with Crippen LogP contribution in [0.4, 0.5) is 0 Å². The number of benzene rings is 2. The molecule has 0 fully saturated rings. The van der Waals surface area contributed by atoms with Crippen molar-refractivity contribution >= 4 is 0 Å². The molecule has 3 aromatic rings. The quantitative estimate of drug-likeness (QED) is 0.656. The molecule has 4 heteroatoms. The summed E-state index contributed by atoms with van der Waals surface area (Å²) in [5.74, 6) is 3.57. The van der Waals surface area contributed by atoms with Gasteiger partial charge in [0.05, 0.1) is 13.7 Å². The van der Waals surface area contributed by atoms with Crippen molar-refractivity contribution in [3.8, 4) is 22.6 Å². The molecular formula is C23H25NO3. The minimum absolute atomic E-state index is 0.632. The molecule has 4 rings (SSSR count). The lowest BCUT2D eigenvalue weighted by Crippen LogP contribution is -2.25. The third-order valence-corrected chi connectivity index (χ3v) is 4.96. The largest absolute Gasteiger partial charge is 0.493 e. The molecule has 0 bridgehead atoms. The number of fused-ring (bicyclic) bond motifs is 1. The van der Waals surface area contributed by atoms with Gasteiger partial charge in [-0.2, -0.15) is 0 Å². The van der Waals surface area contributed by atoms with Crippen LogP contribution >= 0.6 is 0 Å². The number of nitrogens with zero attached hydrogens (tertiary/aromatic N) is 1. The van der Waals surface area contributed by atoms with Crippen molar-refractivity contribution in [1.82, 2.24) is 4.90 Å². The average molecular weight is 363 g/mol. The minimum Gasteiger partial charge on any atom is -0.493 e. The number of rotatable bonds is 4. The number of hydrogen-bond donors (Lipinski definition) is 0. The third kappa shape index (κ3) is 3.86. The average Bonchev–Trinajstić information content (AvgIpc) is 2.96. The van der Waals surface area contributed by atoms with Gasteiger partial charge >= 0.3 is 0 Å². The van der Waals surface area contributed by atoms with E-state index in [9.17, 15) is 0 Å². The molecule has 0 atom stereocenters. The van der Waals surface area contributed by atoms with Crippen LogP contribution in [0.3, 0.4) is 0 Å². The summed E-state index contributed by atoms with van der Waals surface area (Å²) in [5.41, 5.74) is 4.72. The van der Waals surface area contributed by atoms with Gasteiger partial charge in [-0.1, -0.05) is 29.8 Å². The molecule has 1 aliphatic heterocycles. The van der Waals surface area contributed by atoms with Gasteiger partial charge in [0.2, 0.25) is 0 Å². The fourth-order valence-electron chi connectivity index (χ4n) is 3.53. The van der Waals surface area contributed by atoms with Crippen molar-refractivity contribution in [1.29, 1.82) is 0 Å². The molecule has 2 heterocycles. The van der Waals surface area contributed by atoms with E-state index < -0.39 is 0 Å². The first-order valence-corrected chi connectivity index (χ1v) is 9.31. The molecule has 140 valence electrons. The topological polar surface area (TPSA) is 34.8 Å². The molecule has 0 N–H and O–H groups in total. The summed E-state index contributed by atoms with van der Waals surface area (Å²) in [6.45, 7) is 7.12. The first-order chi connectivity index (χ1) is 13.1. The first kappa shape index (κ1) is 17.7. The zero-order valence-electron chi connectivity index (χ0n) is 16.1. The number of ether oxygens (including phenoxy) is 2. The van der Waals surface area contributed by atoms with E-state index in [-0.39, 0.29) is 0 Å². The van der Waals surface area contributed by atoms with Crippen LogP contribution in [0.15, 0.2) is 52.9 Å². The molecule has 1 aromatic heterocycles. The number of aryl methyl sites for hydroxylation is 2. The maximum Gasteiger partial charge on any atom is 0.165 e. The fraction of sp³-hybridized carbons (Fsp3) is 0.304. The summed E-state index contributed by atoms with van der Waals surface area (Å²) >= 11 is 0. The van der Waals surface area contributed by atoms with Gasteiger partial charge in [0.25, 0.3) is 0 Å². The van der Waals surface area contributed by atoms with Crippen LogP contribution < -0.4 is 9.47 Å². The van der Waals surface area contributed by atoms with E-state index in [0.29, 0.717) is 6.61 Å². The highest BCUT2D eigenvalue weighted by molar-refractivity contribution is 5.69. The molecule has 1 aliphatic rings. The van der Waals surface area contributed by atoms with Crippen molar-refractivity contribution in [3.05, 3.63) is 71.2 Å². The molecule has 0 aliphatic carbocycles. The maximum atomic E-state index is 6.06. The maximum absolute atomic E-state index is 6.06. The Morgan fingerprint density at radius 1 is 1.00 bits per heavy atom. The van der Waals surface area contributed by atoms with E-state index >= 15 is 0 Å². The molecule has 0 saturated carbocycles. The van der Waals surface area contributed by atoms with Crippen molar-refractivity contribution in [3.63, 3.8) is 0 Å². The van der Waals surface area contributed by atoms with Crippen LogP contribution in [0, 0.1) is 13.8 Å². The predicted molar refractivity (Wildman–Crippen MR) is 106 cm³/mol. The van der Waals surface area contributed by atoms with Gasteiger partial charge in [-0.05, 0) is 49.2 Å². The molecular weight excluding hydrogens is 338 g/mol. The Labute approximate surface area is 160 Å². The van der Waals surface area contributed by atoms with Crippen LogP contribution in [-0.4, -0.2) is 25.2 Å². The Morgan fingerprint density at radius 3 is 2.52 bits per heavy atom. The summed E-state index contributed by atoms with van der Waals surface area (Å²) in [6.07, 6.45) is 0. The van der Waals surface area contributed by atoms with E-state index in [1.165, 1.54) is 11.1 Å². The lowest BCUT2D eigenvalue weighted by molar-refractivity contribution is 0.204. The van der Waals surface area contributed by atoms with Gasteiger partial charge in [-0.25, -0.2) is 0 Å². The molecule has 4 nitrogen and oxygen atoms in total. The molecule has 0 amide bonds. The molecule has 0 spiro atoms. The van der Waals surface area contributed by atoms with E-state index in [0.717, 1.165) is 53.8 Å². The van der Waals surface area contributed by atoms with Crippen LogP contribution in [-0.2, 0) is 13.1 Å². The zero-order valence-corrected chi connectivity index (χ0v) is 16.1. The summed E-state index contributed by atoms with van der Waals surface area (Å²) in [7, 11) is 1.70. The van der Waals surface area contributed by atoms with Gasteiger partial charge in [0.1, 0.15) is 18.1 Å². The Morgan fingerprint density at radius 2 is 1.81 bits per heavy atom. The summed E-state index contributed by atoms with van der Waals surface area (Å²) in [5, 5.41) is 0. The Bertz CT molecular complexity index is 927. The van der Waals surface area contributed by atoms with Crippen molar-refractivity contribution in [2.45, 2.75) is 26.9 Å². The van der Waals surface area contributed by atoms with Crippen molar-refractivity contribution < 1.29 is 13.9 Å². The van der Waals surface area contributed by atoms with Crippen LogP contribution in [0.5, 0.6) is 11.5 Å². The Balaban J connectivity index is 1.66. The second kappa shape index (κ2) is 7.49. The summed E-state index contributed by atoms with van der Waals surface area (Å²) < 4.78 is 17.5. The van der Waals surface area contributed by atoms with E-state index in [4.69, 9.17) is 13.9 Å². The smallest absolute Gasteiger partial charge is 0.165 e. The molecule has 27 heavy (non-hydrogen) atoms. The summed E-state index contributed by atoms with van der Waals surface area (Å²) in [6, 6.07) is 16.9. The van der Waals surface area contributed by atoms with Crippen molar-refractivity contribution in [2.75, 3.05) is 20.3 Å². The van der Waals surface area contributed by atoms with E-state index in [1.54, 1.807) is 7.11 Å². The highest BCUT2D eigenvalue weighted by Crippen LogP contribution is 2.38. The zero-order chi connectivity index (χ0) is 18.8. The normalized spacial score (nSPS) is 14.3. The monoisotopic (exact) mass is 363 g/mol.